The number of alkyl halides is 3. The molecule has 1 aliphatic carbocycles. The summed E-state index contributed by atoms with van der Waals surface area (Å²) in [6.45, 7) is 2.47. The van der Waals surface area contributed by atoms with Crippen LogP contribution in [0.5, 0.6) is 0 Å². The maximum atomic E-state index is 12.8. The van der Waals surface area contributed by atoms with Crippen LogP contribution in [0, 0.1) is 5.92 Å². The Kier molecular flexibility index (Phi) is 4.06. The SMILES string of the molecule is FC(F)(F)c1ccc(Cl)c(N2CCC(CNC3CC3)C2)c1. The highest BCUT2D eigenvalue weighted by Crippen LogP contribution is 2.37. The molecule has 1 aliphatic heterocycles. The van der Waals surface area contributed by atoms with Gasteiger partial charge in [-0.1, -0.05) is 11.6 Å². The molecule has 116 valence electrons. The minimum absolute atomic E-state index is 0.388. The number of nitrogens with zero attached hydrogens (tertiary/aromatic N) is 1. The van der Waals surface area contributed by atoms with E-state index in [2.05, 4.69) is 5.32 Å². The Balaban J connectivity index is 1.68. The van der Waals surface area contributed by atoms with Crippen molar-refractivity contribution < 1.29 is 13.2 Å². The summed E-state index contributed by atoms with van der Waals surface area (Å²) >= 11 is 6.09. The maximum Gasteiger partial charge on any atom is 0.416 e. The lowest BCUT2D eigenvalue weighted by atomic mass is 10.1. The fourth-order valence-electron chi connectivity index (χ4n) is 2.77. The summed E-state index contributed by atoms with van der Waals surface area (Å²) in [6.07, 6.45) is -0.843. The van der Waals surface area contributed by atoms with E-state index in [1.54, 1.807) is 0 Å². The molecule has 3 rings (SSSR count). The molecular formula is C15H18ClF3N2. The topological polar surface area (TPSA) is 15.3 Å². The lowest BCUT2D eigenvalue weighted by Crippen LogP contribution is -2.27. The summed E-state index contributed by atoms with van der Waals surface area (Å²) < 4.78 is 38.4. The third-order valence-electron chi connectivity index (χ3n) is 4.17. The van der Waals surface area contributed by atoms with Crippen molar-refractivity contribution in [2.24, 2.45) is 5.92 Å². The van der Waals surface area contributed by atoms with Gasteiger partial charge in [-0.2, -0.15) is 13.2 Å². The highest BCUT2D eigenvalue weighted by molar-refractivity contribution is 6.33. The molecular weight excluding hydrogens is 301 g/mol. The Morgan fingerprint density at radius 2 is 2.00 bits per heavy atom. The van der Waals surface area contributed by atoms with Crippen molar-refractivity contribution in [3.63, 3.8) is 0 Å². The Hall–Kier alpha value is -0.940. The van der Waals surface area contributed by atoms with Crippen LogP contribution in [0.2, 0.25) is 5.02 Å². The molecule has 1 unspecified atom stereocenters. The summed E-state index contributed by atoms with van der Waals surface area (Å²) in [7, 11) is 0. The highest BCUT2D eigenvalue weighted by Gasteiger charge is 2.33. The van der Waals surface area contributed by atoms with Crippen molar-refractivity contribution in [3.05, 3.63) is 28.8 Å². The minimum Gasteiger partial charge on any atom is -0.370 e. The third kappa shape index (κ3) is 3.64. The molecule has 6 heteroatoms. The van der Waals surface area contributed by atoms with Gasteiger partial charge in [0.15, 0.2) is 0 Å². The minimum atomic E-state index is -4.33. The number of benzene rings is 1. The molecule has 0 radical (unpaired) electrons. The van der Waals surface area contributed by atoms with Gasteiger partial charge in [0.05, 0.1) is 16.3 Å². The van der Waals surface area contributed by atoms with Gasteiger partial charge < -0.3 is 10.2 Å². The van der Waals surface area contributed by atoms with E-state index in [4.69, 9.17) is 11.6 Å². The first-order valence-electron chi connectivity index (χ1n) is 7.28. The highest BCUT2D eigenvalue weighted by atomic mass is 35.5. The summed E-state index contributed by atoms with van der Waals surface area (Å²) in [6, 6.07) is 4.21. The first-order chi connectivity index (χ1) is 9.93. The van der Waals surface area contributed by atoms with Crippen LogP contribution in [0.3, 0.4) is 0 Å². The molecule has 1 heterocycles. The third-order valence-corrected chi connectivity index (χ3v) is 4.49. The molecule has 2 aliphatic rings. The van der Waals surface area contributed by atoms with E-state index in [-0.39, 0.29) is 0 Å². The number of halogens is 4. The second kappa shape index (κ2) is 5.69. The number of rotatable bonds is 4. The van der Waals surface area contributed by atoms with Gasteiger partial charge in [0.25, 0.3) is 0 Å². The zero-order chi connectivity index (χ0) is 15.0. The summed E-state index contributed by atoms with van der Waals surface area (Å²) in [4.78, 5) is 1.97. The molecule has 2 fully saturated rings. The smallest absolute Gasteiger partial charge is 0.370 e. The van der Waals surface area contributed by atoms with Crippen molar-refractivity contribution in [2.75, 3.05) is 24.5 Å². The number of hydrogen-bond acceptors (Lipinski definition) is 2. The molecule has 0 aromatic heterocycles. The van der Waals surface area contributed by atoms with Gasteiger partial charge in [-0.15, -0.1) is 0 Å². The van der Waals surface area contributed by atoms with Crippen molar-refractivity contribution in [1.29, 1.82) is 0 Å². The van der Waals surface area contributed by atoms with Gasteiger partial charge in [-0.3, -0.25) is 0 Å². The van der Waals surface area contributed by atoms with Crippen LogP contribution in [0.25, 0.3) is 0 Å². The average molecular weight is 319 g/mol. The van der Waals surface area contributed by atoms with Crippen molar-refractivity contribution in [2.45, 2.75) is 31.5 Å². The van der Waals surface area contributed by atoms with Crippen LogP contribution in [0.15, 0.2) is 18.2 Å². The summed E-state index contributed by atoms with van der Waals surface area (Å²) in [5.41, 5.74) is -0.137. The van der Waals surface area contributed by atoms with Crippen molar-refractivity contribution in [3.8, 4) is 0 Å². The second-order valence-corrected chi connectivity index (χ2v) is 6.35. The van der Waals surface area contributed by atoms with Crippen LogP contribution < -0.4 is 10.2 Å². The van der Waals surface area contributed by atoms with E-state index in [1.807, 2.05) is 4.90 Å². The van der Waals surface area contributed by atoms with E-state index in [9.17, 15) is 13.2 Å². The van der Waals surface area contributed by atoms with Crippen LogP contribution in [0.1, 0.15) is 24.8 Å². The van der Waals surface area contributed by atoms with E-state index in [0.29, 0.717) is 22.7 Å². The van der Waals surface area contributed by atoms with Gasteiger partial charge >= 0.3 is 6.18 Å². The van der Waals surface area contributed by atoms with Crippen molar-refractivity contribution in [1.82, 2.24) is 5.32 Å². The summed E-state index contributed by atoms with van der Waals surface area (Å²) in [5.74, 6) is 0.483. The first kappa shape index (κ1) is 15.0. The molecule has 21 heavy (non-hydrogen) atoms. The van der Waals surface area contributed by atoms with Crippen LogP contribution >= 0.6 is 11.6 Å². The van der Waals surface area contributed by atoms with Gasteiger partial charge in [0.2, 0.25) is 0 Å². The normalized spacial score (nSPS) is 22.9. The number of hydrogen-bond donors (Lipinski definition) is 1. The summed E-state index contributed by atoms with van der Waals surface area (Å²) in [5, 5.41) is 3.87. The molecule has 0 bridgehead atoms. The molecule has 2 nitrogen and oxygen atoms in total. The maximum absolute atomic E-state index is 12.8. The lowest BCUT2D eigenvalue weighted by molar-refractivity contribution is -0.137. The molecule has 0 amide bonds. The molecule has 0 spiro atoms. The fourth-order valence-corrected chi connectivity index (χ4v) is 3.01. The second-order valence-electron chi connectivity index (χ2n) is 5.95. The predicted molar refractivity (Wildman–Crippen MR) is 77.8 cm³/mol. The zero-order valence-electron chi connectivity index (χ0n) is 11.6. The fraction of sp³-hybridized carbons (Fsp3) is 0.600. The molecule has 1 aromatic rings. The van der Waals surface area contributed by atoms with Gasteiger partial charge in [0, 0.05) is 19.1 Å². The number of nitrogens with one attached hydrogen (secondary N) is 1. The molecule has 1 N–H and O–H groups in total. The predicted octanol–water partition coefficient (Wildman–Crippen LogP) is 3.94. The van der Waals surface area contributed by atoms with Gasteiger partial charge in [-0.05, 0) is 49.9 Å². The first-order valence-corrected chi connectivity index (χ1v) is 7.66. The van der Waals surface area contributed by atoms with E-state index in [0.717, 1.165) is 32.1 Å². The molecule has 1 saturated heterocycles. The Morgan fingerprint density at radius 1 is 1.24 bits per heavy atom. The molecule has 1 saturated carbocycles. The number of anilines is 1. The Bertz CT molecular complexity index is 514. The average Bonchev–Trinajstić information content (AvgIpc) is 3.13. The lowest BCUT2D eigenvalue weighted by Gasteiger charge is -2.21. The monoisotopic (exact) mass is 318 g/mol. The van der Waals surface area contributed by atoms with Gasteiger partial charge in [-0.25, -0.2) is 0 Å². The van der Waals surface area contributed by atoms with Gasteiger partial charge in [0.1, 0.15) is 0 Å². The largest absolute Gasteiger partial charge is 0.416 e. The molecule has 1 atom stereocenters. The standard InChI is InChI=1S/C15H18ClF3N2/c16-13-4-1-11(15(17,18)19)7-14(13)21-6-5-10(9-21)8-20-12-2-3-12/h1,4,7,10,12,20H,2-3,5-6,8-9H2. The Morgan fingerprint density at radius 3 is 2.67 bits per heavy atom. The van der Waals surface area contributed by atoms with E-state index < -0.39 is 11.7 Å². The van der Waals surface area contributed by atoms with E-state index >= 15 is 0 Å². The van der Waals surface area contributed by atoms with E-state index in [1.165, 1.54) is 25.0 Å². The molecule has 1 aromatic carbocycles. The van der Waals surface area contributed by atoms with Crippen LogP contribution in [-0.4, -0.2) is 25.7 Å². The Labute approximate surface area is 127 Å². The van der Waals surface area contributed by atoms with Crippen LogP contribution in [0.4, 0.5) is 18.9 Å². The zero-order valence-corrected chi connectivity index (χ0v) is 12.3. The van der Waals surface area contributed by atoms with Crippen LogP contribution in [-0.2, 0) is 6.18 Å². The quantitative estimate of drug-likeness (QED) is 0.904. The van der Waals surface area contributed by atoms with Crippen molar-refractivity contribution >= 4 is 17.3 Å².